The van der Waals surface area contributed by atoms with Crippen LogP contribution < -0.4 is 21.7 Å². The van der Waals surface area contributed by atoms with Gasteiger partial charge in [-0.25, -0.2) is 0 Å². The summed E-state index contributed by atoms with van der Waals surface area (Å²) >= 11 is 0. The molecule has 1 unspecified atom stereocenters. The van der Waals surface area contributed by atoms with Gasteiger partial charge in [-0.15, -0.1) is 0 Å². The Bertz CT molecular complexity index is 605. The van der Waals surface area contributed by atoms with Gasteiger partial charge in [0.2, 0.25) is 11.8 Å². The Morgan fingerprint density at radius 1 is 1.20 bits per heavy atom. The number of nitrogens with one attached hydrogen (secondary N) is 4. The number of carbonyl (C=O) groups is 2. The molecular formula is C18H29N5O2. The summed E-state index contributed by atoms with van der Waals surface area (Å²) in [7, 11) is 0. The van der Waals surface area contributed by atoms with Crippen molar-refractivity contribution < 1.29 is 9.59 Å². The maximum Gasteiger partial charge on any atom is 0.242 e. The highest BCUT2D eigenvalue weighted by Crippen LogP contribution is 2.09. The third-order valence-corrected chi connectivity index (χ3v) is 3.44. The van der Waals surface area contributed by atoms with Crippen LogP contribution in [-0.4, -0.2) is 36.8 Å². The molecule has 6 N–H and O–H groups in total. The summed E-state index contributed by atoms with van der Waals surface area (Å²) < 4.78 is 0. The van der Waals surface area contributed by atoms with Gasteiger partial charge in [-0.2, -0.15) is 0 Å². The van der Waals surface area contributed by atoms with Gasteiger partial charge in [-0.05, 0) is 17.9 Å². The summed E-state index contributed by atoms with van der Waals surface area (Å²) in [6.07, 6.45) is 0. The van der Waals surface area contributed by atoms with Crippen LogP contribution in [0.3, 0.4) is 0 Å². The molecule has 0 radical (unpaired) electrons. The molecule has 2 amide bonds. The topological polar surface area (TPSA) is 120 Å². The first-order chi connectivity index (χ1) is 11.6. The third-order valence-electron chi connectivity index (χ3n) is 3.44. The van der Waals surface area contributed by atoms with Crippen LogP contribution >= 0.6 is 0 Å². The van der Waals surface area contributed by atoms with Gasteiger partial charge in [-0.3, -0.25) is 15.0 Å². The molecule has 7 heteroatoms. The van der Waals surface area contributed by atoms with Gasteiger partial charge >= 0.3 is 0 Å². The van der Waals surface area contributed by atoms with Crippen molar-refractivity contribution in [1.29, 1.82) is 5.41 Å². The monoisotopic (exact) mass is 347 g/mol. The highest BCUT2D eigenvalue weighted by molar-refractivity contribution is 5.94. The number of amidine groups is 1. The molecule has 0 aliphatic rings. The average molecular weight is 347 g/mol. The molecule has 0 fully saturated rings. The van der Waals surface area contributed by atoms with Gasteiger partial charge in [0.25, 0.3) is 0 Å². The molecule has 0 aliphatic heterocycles. The van der Waals surface area contributed by atoms with E-state index in [2.05, 4.69) is 36.7 Å². The van der Waals surface area contributed by atoms with Crippen LogP contribution in [-0.2, 0) is 16.1 Å². The molecule has 1 rings (SSSR count). The van der Waals surface area contributed by atoms with Gasteiger partial charge in [-0.1, -0.05) is 45.0 Å². The molecule has 0 aliphatic carbocycles. The van der Waals surface area contributed by atoms with E-state index in [9.17, 15) is 9.59 Å². The maximum atomic E-state index is 12.1. The fraction of sp³-hybridized carbons (Fsp3) is 0.500. The first-order valence-electron chi connectivity index (χ1n) is 8.29. The number of hydrogen-bond acceptors (Lipinski definition) is 4. The van der Waals surface area contributed by atoms with Crippen molar-refractivity contribution in [2.75, 3.05) is 13.1 Å². The zero-order chi connectivity index (χ0) is 19.0. The lowest BCUT2D eigenvalue weighted by molar-refractivity contribution is -0.128. The highest BCUT2D eigenvalue weighted by Gasteiger charge is 2.16. The van der Waals surface area contributed by atoms with Crippen molar-refractivity contribution in [1.82, 2.24) is 16.0 Å². The summed E-state index contributed by atoms with van der Waals surface area (Å²) in [5, 5.41) is 15.9. The normalized spacial score (nSPS) is 12.3. The van der Waals surface area contributed by atoms with Crippen LogP contribution in [0.25, 0.3) is 0 Å². The molecule has 0 saturated carbocycles. The molecule has 138 valence electrons. The summed E-state index contributed by atoms with van der Waals surface area (Å²) in [5.41, 5.74) is 7.03. The minimum absolute atomic E-state index is 0.00647. The van der Waals surface area contributed by atoms with Crippen LogP contribution in [0.5, 0.6) is 0 Å². The molecule has 1 atom stereocenters. The minimum Gasteiger partial charge on any atom is -0.384 e. The first-order valence-corrected chi connectivity index (χ1v) is 8.29. The fourth-order valence-corrected chi connectivity index (χ4v) is 2.05. The number of rotatable bonds is 8. The third kappa shape index (κ3) is 8.30. The molecule has 1 aromatic carbocycles. The molecular weight excluding hydrogens is 318 g/mol. The Morgan fingerprint density at radius 2 is 1.80 bits per heavy atom. The smallest absolute Gasteiger partial charge is 0.242 e. The van der Waals surface area contributed by atoms with E-state index in [0.29, 0.717) is 12.1 Å². The Labute approximate surface area is 149 Å². The van der Waals surface area contributed by atoms with Gasteiger partial charge in [0.05, 0.1) is 6.54 Å². The average Bonchev–Trinajstić information content (AvgIpc) is 2.51. The van der Waals surface area contributed by atoms with Crippen molar-refractivity contribution in [3.8, 4) is 0 Å². The molecule has 0 saturated heterocycles. The van der Waals surface area contributed by atoms with E-state index < -0.39 is 6.04 Å². The predicted molar refractivity (Wildman–Crippen MR) is 99.2 cm³/mol. The van der Waals surface area contributed by atoms with Crippen LogP contribution in [0.2, 0.25) is 0 Å². The molecule has 7 nitrogen and oxygen atoms in total. The predicted octanol–water partition coefficient (Wildman–Crippen LogP) is 0.727. The fourth-order valence-electron chi connectivity index (χ4n) is 2.05. The van der Waals surface area contributed by atoms with Crippen LogP contribution in [0.4, 0.5) is 0 Å². The van der Waals surface area contributed by atoms with Crippen LogP contribution in [0.15, 0.2) is 24.3 Å². The molecule has 0 bridgehead atoms. The maximum absolute atomic E-state index is 12.1. The lowest BCUT2D eigenvalue weighted by Gasteiger charge is -2.19. The lowest BCUT2D eigenvalue weighted by atomic mass is 9.97. The second kappa shape index (κ2) is 9.17. The van der Waals surface area contributed by atoms with E-state index >= 15 is 0 Å². The van der Waals surface area contributed by atoms with Gasteiger partial charge in [0, 0.05) is 18.7 Å². The van der Waals surface area contributed by atoms with E-state index in [1.807, 2.05) is 0 Å². The summed E-state index contributed by atoms with van der Waals surface area (Å²) in [6, 6.07) is 6.46. The molecule has 1 aromatic rings. The number of hydrogen-bond donors (Lipinski definition) is 5. The Kier molecular flexibility index (Phi) is 7.57. The van der Waals surface area contributed by atoms with Crippen molar-refractivity contribution in [3.63, 3.8) is 0 Å². The number of amides is 2. The standard InChI is InChI=1S/C18H29N5O2/c1-12(23-15(24)10-21-11-18(2,3)4)17(25)22-9-13-5-7-14(8-6-13)16(19)20/h5-8,12,21H,9-11H2,1-4H3,(H3,19,20)(H,22,25)(H,23,24). The van der Waals surface area contributed by atoms with Crippen LogP contribution in [0, 0.1) is 10.8 Å². The Morgan fingerprint density at radius 3 is 2.32 bits per heavy atom. The SMILES string of the molecule is CC(NC(=O)CNCC(C)(C)C)C(=O)NCc1ccc(C(=N)N)cc1. The van der Waals surface area contributed by atoms with Crippen LogP contribution in [0.1, 0.15) is 38.8 Å². The zero-order valence-electron chi connectivity index (χ0n) is 15.4. The second-order valence-electron chi connectivity index (χ2n) is 7.28. The summed E-state index contributed by atoms with van der Waals surface area (Å²) in [6.45, 7) is 9.14. The molecule has 0 aromatic heterocycles. The van der Waals surface area contributed by atoms with E-state index in [-0.39, 0.29) is 29.6 Å². The largest absolute Gasteiger partial charge is 0.384 e. The molecule has 0 spiro atoms. The zero-order valence-corrected chi connectivity index (χ0v) is 15.4. The van der Waals surface area contributed by atoms with E-state index in [1.54, 1.807) is 31.2 Å². The number of nitrogens with two attached hydrogens (primary N) is 1. The van der Waals surface area contributed by atoms with Gasteiger partial charge in [0.1, 0.15) is 11.9 Å². The van der Waals surface area contributed by atoms with Crippen molar-refractivity contribution in [3.05, 3.63) is 35.4 Å². The van der Waals surface area contributed by atoms with Crippen molar-refractivity contribution in [2.45, 2.75) is 40.3 Å². The number of benzene rings is 1. The highest BCUT2D eigenvalue weighted by atomic mass is 16.2. The Hall–Kier alpha value is -2.41. The van der Waals surface area contributed by atoms with Gasteiger partial charge < -0.3 is 21.7 Å². The summed E-state index contributed by atoms with van der Waals surface area (Å²) in [4.78, 5) is 23.9. The lowest BCUT2D eigenvalue weighted by Crippen LogP contribution is -2.47. The van der Waals surface area contributed by atoms with Crippen molar-refractivity contribution in [2.24, 2.45) is 11.1 Å². The van der Waals surface area contributed by atoms with E-state index in [1.165, 1.54) is 0 Å². The van der Waals surface area contributed by atoms with E-state index in [0.717, 1.165) is 12.1 Å². The second-order valence-corrected chi connectivity index (χ2v) is 7.28. The van der Waals surface area contributed by atoms with Gasteiger partial charge in [0.15, 0.2) is 0 Å². The molecule has 25 heavy (non-hydrogen) atoms. The number of nitrogen functional groups attached to an aromatic ring is 1. The van der Waals surface area contributed by atoms with Crippen molar-refractivity contribution >= 4 is 17.6 Å². The minimum atomic E-state index is -0.611. The first kappa shape index (κ1) is 20.6. The summed E-state index contributed by atoms with van der Waals surface area (Å²) in [5.74, 6) is -0.454. The van der Waals surface area contributed by atoms with E-state index in [4.69, 9.17) is 11.1 Å². The molecule has 0 heterocycles. The number of carbonyl (C=O) groups excluding carboxylic acids is 2. The quantitative estimate of drug-likeness (QED) is 0.352. The Balaban J connectivity index is 2.36.